The molecule has 0 N–H and O–H groups in total. The monoisotopic (exact) mass is 525 g/mol. The Bertz CT molecular complexity index is 829. The number of alkyl halides is 6. The van der Waals surface area contributed by atoms with Crippen LogP contribution in [0.4, 0.5) is 26.3 Å². The molecule has 0 spiro atoms. The van der Waals surface area contributed by atoms with Crippen molar-refractivity contribution in [3.8, 4) is 0 Å². The summed E-state index contributed by atoms with van der Waals surface area (Å²) in [6.07, 6.45) is -7.71. The van der Waals surface area contributed by atoms with Gasteiger partial charge >= 0.3 is 35.4 Å². The molecule has 0 saturated carbocycles. The molecule has 186 valence electrons. The van der Waals surface area contributed by atoms with Gasteiger partial charge in [-0.15, -0.1) is 0 Å². The molecule has 33 heavy (non-hydrogen) atoms. The van der Waals surface area contributed by atoms with Crippen LogP contribution in [0, 0.1) is 5.92 Å². The number of hydrogen-bond acceptors (Lipinski definition) is 7. The topological polar surface area (TPSA) is 90.0 Å². The highest BCUT2D eigenvalue weighted by atomic mass is 35.5. The maximum absolute atomic E-state index is 12.2. The van der Waals surface area contributed by atoms with Gasteiger partial charge in [0.15, 0.2) is 13.2 Å². The first-order chi connectivity index (χ1) is 15.1. The SMILES string of the molecule is CC1CCC(c2ccsc2)N(C(=O)C(=O)OCC(F)(F)F)C1.O=C(Cl)C(=O)OCC(F)(F)F. The maximum Gasteiger partial charge on any atom is 0.422 e. The van der Waals surface area contributed by atoms with Crippen molar-refractivity contribution in [2.45, 2.75) is 38.2 Å². The van der Waals surface area contributed by atoms with Crippen LogP contribution in [0.15, 0.2) is 16.8 Å². The van der Waals surface area contributed by atoms with Gasteiger partial charge in [-0.2, -0.15) is 37.7 Å². The normalized spacial score (nSPS) is 18.6. The summed E-state index contributed by atoms with van der Waals surface area (Å²) >= 11 is 5.94. The van der Waals surface area contributed by atoms with E-state index in [0.29, 0.717) is 13.0 Å². The molecule has 1 fully saturated rings. The van der Waals surface area contributed by atoms with Crippen LogP contribution in [-0.2, 0) is 28.7 Å². The summed E-state index contributed by atoms with van der Waals surface area (Å²) in [6.45, 7) is -1.28. The zero-order valence-corrected chi connectivity index (χ0v) is 18.4. The number of nitrogens with zero attached hydrogens (tertiary/aromatic N) is 1. The first-order valence-corrected chi connectivity index (χ1v) is 10.4. The maximum atomic E-state index is 12.2. The lowest BCUT2D eigenvalue weighted by Gasteiger charge is -2.37. The molecule has 2 rings (SSSR count). The van der Waals surface area contributed by atoms with Crippen molar-refractivity contribution in [1.29, 1.82) is 0 Å². The summed E-state index contributed by atoms with van der Waals surface area (Å²) in [5.41, 5.74) is 0.897. The molecule has 2 atom stereocenters. The van der Waals surface area contributed by atoms with Crippen molar-refractivity contribution in [2.75, 3.05) is 19.8 Å². The zero-order valence-electron chi connectivity index (χ0n) is 16.9. The van der Waals surface area contributed by atoms with Crippen LogP contribution in [0.2, 0.25) is 0 Å². The van der Waals surface area contributed by atoms with Crippen molar-refractivity contribution < 1.29 is 55.0 Å². The molecular weight excluding hydrogens is 508 g/mol. The second-order valence-corrected chi connectivity index (χ2v) is 7.99. The number of esters is 2. The molecule has 7 nitrogen and oxygen atoms in total. The largest absolute Gasteiger partial charge is 0.449 e. The van der Waals surface area contributed by atoms with Gasteiger partial charge in [-0.3, -0.25) is 9.59 Å². The van der Waals surface area contributed by atoms with E-state index in [2.05, 4.69) is 21.1 Å². The number of rotatable bonds is 4. The highest BCUT2D eigenvalue weighted by Crippen LogP contribution is 2.34. The fourth-order valence-corrected chi connectivity index (χ4v) is 3.48. The Kier molecular flexibility index (Phi) is 10.6. The van der Waals surface area contributed by atoms with Gasteiger partial charge in [0.05, 0.1) is 6.04 Å². The van der Waals surface area contributed by atoms with E-state index in [1.54, 1.807) is 0 Å². The van der Waals surface area contributed by atoms with Crippen LogP contribution in [0.5, 0.6) is 0 Å². The predicted octanol–water partition coefficient (Wildman–Crippen LogP) is 4.01. The minimum Gasteiger partial charge on any atom is -0.449 e. The molecular formula is C18H18ClF6NO6S. The molecule has 0 radical (unpaired) electrons. The molecule has 0 aliphatic carbocycles. The minimum atomic E-state index is -4.64. The third-order valence-corrected chi connectivity index (χ3v) is 4.93. The second kappa shape index (κ2) is 12.2. The summed E-state index contributed by atoms with van der Waals surface area (Å²) in [5, 5.41) is 2.16. The lowest BCUT2D eigenvalue weighted by molar-refractivity contribution is -0.190. The van der Waals surface area contributed by atoms with Crippen LogP contribution >= 0.6 is 22.9 Å². The Hall–Kier alpha value is -2.35. The van der Waals surface area contributed by atoms with Gasteiger partial charge in [0, 0.05) is 6.54 Å². The van der Waals surface area contributed by atoms with Crippen LogP contribution in [0.25, 0.3) is 0 Å². The second-order valence-electron chi connectivity index (χ2n) is 6.87. The highest BCUT2D eigenvalue weighted by molar-refractivity contribution is 7.08. The number of carbonyl (C=O) groups excluding carboxylic acids is 4. The first kappa shape index (κ1) is 28.7. The summed E-state index contributed by atoms with van der Waals surface area (Å²) in [4.78, 5) is 44.9. The summed E-state index contributed by atoms with van der Waals surface area (Å²) < 4.78 is 77.5. The van der Waals surface area contributed by atoms with Gasteiger partial charge in [-0.05, 0) is 52.8 Å². The molecule has 1 aliphatic rings. The van der Waals surface area contributed by atoms with E-state index in [9.17, 15) is 45.5 Å². The quantitative estimate of drug-likeness (QED) is 0.255. The number of piperidine rings is 1. The van der Waals surface area contributed by atoms with Crippen LogP contribution in [0.1, 0.15) is 31.4 Å². The van der Waals surface area contributed by atoms with Crippen molar-refractivity contribution in [1.82, 2.24) is 4.90 Å². The van der Waals surface area contributed by atoms with E-state index in [4.69, 9.17) is 0 Å². The standard InChI is InChI=1S/C14H16F3NO3S.C4H2ClF3O3/c1-9-2-3-11(10-4-5-22-7-10)18(6-9)12(19)13(20)21-8-14(15,16)17;5-2(9)3(10)11-1-4(6,7)8/h4-5,7,9,11H,2-3,6,8H2,1H3;1H2. The summed E-state index contributed by atoms with van der Waals surface area (Å²) in [6, 6.07) is 1.57. The van der Waals surface area contributed by atoms with E-state index < -0.39 is 48.7 Å². The fourth-order valence-electron chi connectivity index (χ4n) is 2.72. The van der Waals surface area contributed by atoms with Crippen LogP contribution < -0.4 is 0 Å². The smallest absolute Gasteiger partial charge is 0.422 e. The van der Waals surface area contributed by atoms with E-state index in [-0.39, 0.29) is 12.0 Å². The average molecular weight is 526 g/mol. The Morgan fingerprint density at radius 1 is 1.03 bits per heavy atom. The molecule has 1 saturated heterocycles. The van der Waals surface area contributed by atoms with Gasteiger partial charge in [0.25, 0.3) is 0 Å². The average Bonchev–Trinajstić information content (AvgIpc) is 3.23. The predicted molar refractivity (Wildman–Crippen MR) is 102 cm³/mol. The Labute approximate surface area is 192 Å². The Balaban J connectivity index is 0.000000420. The Morgan fingerprint density at radius 3 is 2.03 bits per heavy atom. The van der Waals surface area contributed by atoms with Crippen molar-refractivity contribution >= 4 is 46.0 Å². The van der Waals surface area contributed by atoms with Gasteiger partial charge in [-0.25, -0.2) is 9.59 Å². The minimum absolute atomic E-state index is 0.189. The number of thiophene rings is 1. The molecule has 1 amide bonds. The molecule has 1 aromatic rings. The number of halogens is 7. The number of carbonyl (C=O) groups is 4. The lowest BCUT2D eigenvalue weighted by Crippen LogP contribution is -2.45. The molecule has 0 bridgehead atoms. The summed E-state index contributed by atoms with van der Waals surface area (Å²) in [7, 11) is 0. The number of amides is 1. The van der Waals surface area contributed by atoms with Gasteiger partial charge in [-0.1, -0.05) is 6.92 Å². The third kappa shape index (κ3) is 10.9. The van der Waals surface area contributed by atoms with Gasteiger partial charge < -0.3 is 14.4 Å². The Morgan fingerprint density at radius 2 is 1.58 bits per heavy atom. The molecule has 2 unspecified atom stereocenters. The molecule has 0 aromatic carbocycles. The lowest BCUT2D eigenvalue weighted by atomic mass is 9.91. The molecule has 1 aromatic heterocycles. The zero-order chi connectivity index (χ0) is 25.4. The van der Waals surface area contributed by atoms with Gasteiger partial charge in [0.2, 0.25) is 0 Å². The first-order valence-electron chi connectivity index (χ1n) is 9.10. The fraction of sp³-hybridized carbons (Fsp3) is 0.556. The van der Waals surface area contributed by atoms with Crippen LogP contribution in [-0.4, -0.2) is 60.1 Å². The van der Waals surface area contributed by atoms with Crippen molar-refractivity contribution in [3.63, 3.8) is 0 Å². The molecule has 1 aliphatic heterocycles. The van der Waals surface area contributed by atoms with Crippen molar-refractivity contribution in [2.24, 2.45) is 5.92 Å². The number of hydrogen-bond donors (Lipinski definition) is 0. The van der Waals surface area contributed by atoms with E-state index >= 15 is 0 Å². The van der Waals surface area contributed by atoms with E-state index in [1.807, 2.05) is 23.8 Å². The van der Waals surface area contributed by atoms with Gasteiger partial charge in [0.1, 0.15) is 0 Å². The number of likely N-dealkylation sites (tertiary alicyclic amines) is 1. The van der Waals surface area contributed by atoms with Crippen LogP contribution in [0.3, 0.4) is 0 Å². The van der Waals surface area contributed by atoms with E-state index in [1.165, 1.54) is 16.2 Å². The molecule has 15 heteroatoms. The summed E-state index contributed by atoms with van der Waals surface area (Å²) in [5.74, 6) is -3.98. The van der Waals surface area contributed by atoms with E-state index in [0.717, 1.165) is 12.0 Å². The van der Waals surface area contributed by atoms with Crippen molar-refractivity contribution in [3.05, 3.63) is 22.4 Å². The highest BCUT2D eigenvalue weighted by Gasteiger charge is 2.37. The molecule has 2 heterocycles. The third-order valence-electron chi connectivity index (χ3n) is 4.08. The number of ether oxygens (including phenoxy) is 2.